The van der Waals surface area contributed by atoms with E-state index in [1.807, 2.05) is 0 Å². The second-order valence-electron chi connectivity index (χ2n) is 8.36. The Kier molecular flexibility index (Phi) is 5.16. The van der Waals surface area contributed by atoms with Gasteiger partial charge in [0.2, 0.25) is 0 Å². The number of hydrogen-bond acceptors (Lipinski definition) is 1. The van der Waals surface area contributed by atoms with E-state index in [0.717, 1.165) is 23.7 Å². The molecule has 0 aromatic carbocycles. The summed E-state index contributed by atoms with van der Waals surface area (Å²) in [4.78, 5) is 0. The topological polar surface area (TPSA) is 23.8 Å². The van der Waals surface area contributed by atoms with Crippen LogP contribution in [0.15, 0.2) is 0 Å². The third-order valence-electron chi connectivity index (χ3n) is 6.51. The molecule has 0 aromatic heterocycles. The lowest BCUT2D eigenvalue weighted by Gasteiger charge is -2.41. The van der Waals surface area contributed by atoms with E-state index in [1.165, 1.54) is 51.4 Å². The molecule has 2 aliphatic carbocycles. The van der Waals surface area contributed by atoms with Crippen LogP contribution in [0.25, 0.3) is 0 Å². The zero-order valence-corrected chi connectivity index (χ0v) is 14.0. The maximum absolute atomic E-state index is 9.29. The fraction of sp³-hybridized carbons (Fsp3) is 0.947. The molecule has 1 heteroatoms. The van der Waals surface area contributed by atoms with Crippen LogP contribution in [0.2, 0.25) is 0 Å². The molecule has 1 nitrogen and oxygen atoms in total. The van der Waals surface area contributed by atoms with Gasteiger partial charge in [-0.3, -0.25) is 0 Å². The lowest BCUT2D eigenvalue weighted by molar-refractivity contribution is 0.107. The molecule has 0 spiro atoms. The number of rotatable bonds is 3. The summed E-state index contributed by atoms with van der Waals surface area (Å²) < 4.78 is 0. The van der Waals surface area contributed by atoms with E-state index in [4.69, 9.17) is 0 Å². The fourth-order valence-corrected chi connectivity index (χ4v) is 4.69. The van der Waals surface area contributed by atoms with Gasteiger partial charge in [-0.15, -0.1) is 0 Å². The predicted molar refractivity (Wildman–Crippen MR) is 85.1 cm³/mol. The molecular weight excluding hydrogens is 242 g/mol. The molecule has 2 aliphatic rings. The zero-order valence-electron chi connectivity index (χ0n) is 14.0. The van der Waals surface area contributed by atoms with Crippen molar-refractivity contribution in [3.63, 3.8) is 0 Å². The molecule has 2 rings (SSSR count). The van der Waals surface area contributed by atoms with Crippen LogP contribution in [-0.4, -0.2) is 0 Å². The van der Waals surface area contributed by atoms with Crippen LogP contribution < -0.4 is 0 Å². The van der Waals surface area contributed by atoms with E-state index in [0.29, 0.717) is 5.92 Å². The van der Waals surface area contributed by atoms with Crippen molar-refractivity contribution in [3.05, 3.63) is 0 Å². The van der Waals surface area contributed by atoms with Gasteiger partial charge < -0.3 is 0 Å². The van der Waals surface area contributed by atoms with Crippen molar-refractivity contribution in [2.75, 3.05) is 0 Å². The van der Waals surface area contributed by atoms with Crippen LogP contribution in [0.1, 0.15) is 79.1 Å². The second kappa shape index (κ2) is 6.50. The van der Waals surface area contributed by atoms with Gasteiger partial charge in [-0.1, -0.05) is 13.8 Å². The quantitative estimate of drug-likeness (QED) is 0.638. The highest BCUT2D eigenvalue weighted by Gasteiger charge is 2.36. The first kappa shape index (κ1) is 15.9. The number of hydrogen-bond donors (Lipinski definition) is 0. The van der Waals surface area contributed by atoms with Crippen molar-refractivity contribution in [2.45, 2.75) is 79.1 Å². The summed E-state index contributed by atoms with van der Waals surface area (Å²) in [5.74, 6) is 4.46. The first-order valence-corrected chi connectivity index (χ1v) is 8.85. The Morgan fingerprint density at radius 1 is 0.850 bits per heavy atom. The molecule has 2 saturated carbocycles. The Morgan fingerprint density at radius 3 is 1.70 bits per heavy atom. The van der Waals surface area contributed by atoms with Gasteiger partial charge in [0.05, 0.1) is 11.5 Å². The summed E-state index contributed by atoms with van der Waals surface area (Å²) in [7, 11) is 0. The summed E-state index contributed by atoms with van der Waals surface area (Å²) >= 11 is 0. The van der Waals surface area contributed by atoms with Gasteiger partial charge in [0.15, 0.2) is 0 Å². The largest absolute Gasteiger partial charge is 0.198 e. The molecule has 0 heterocycles. The van der Waals surface area contributed by atoms with Crippen LogP contribution in [0.5, 0.6) is 0 Å². The Balaban J connectivity index is 1.79. The van der Waals surface area contributed by atoms with E-state index in [-0.39, 0.29) is 5.41 Å². The van der Waals surface area contributed by atoms with E-state index < -0.39 is 0 Å². The van der Waals surface area contributed by atoms with E-state index in [9.17, 15) is 5.26 Å². The molecule has 0 amide bonds. The first-order valence-electron chi connectivity index (χ1n) is 8.85. The summed E-state index contributed by atoms with van der Waals surface area (Å²) in [5.41, 5.74) is -0.111. The molecule has 0 aliphatic heterocycles. The highest BCUT2D eigenvalue weighted by Crippen LogP contribution is 2.46. The highest BCUT2D eigenvalue weighted by atomic mass is 14.4. The summed E-state index contributed by atoms with van der Waals surface area (Å²) in [6.07, 6.45) is 11.2. The van der Waals surface area contributed by atoms with Crippen molar-refractivity contribution >= 4 is 0 Å². The van der Waals surface area contributed by atoms with Crippen LogP contribution >= 0.6 is 0 Å². The van der Waals surface area contributed by atoms with Gasteiger partial charge in [-0.05, 0) is 94.8 Å². The van der Waals surface area contributed by atoms with Crippen LogP contribution in [-0.2, 0) is 0 Å². The molecule has 0 N–H and O–H groups in total. The minimum absolute atomic E-state index is 0.111. The van der Waals surface area contributed by atoms with Gasteiger partial charge in [0, 0.05) is 0 Å². The molecule has 0 unspecified atom stereocenters. The third-order valence-corrected chi connectivity index (χ3v) is 6.51. The normalized spacial score (nSPS) is 35.8. The van der Waals surface area contributed by atoms with Gasteiger partial charge in [0.25, 0.3) is 0 Å². The van der Waals surface area contributed by atoms with E-state index >= 15 is 0 Å². The van der Waals surface area contributed by atoms with Gasteiger partial charge in [-0.2, -0.15) is 5.26 Å². The van der Waals surface area contributed by atoms with E-state index in [2.05, 4.69) is 33.8 Å². The van der Waals surface area contributed by atoms with Crippen LogP contribution in [0.4, 0.5) is 0 Å². The van der Waals surface area contributed by atoms with E-state index in [1.54, 1.807) is 0 Å². The summed E-state index contributed by atoms with van der Waals surface area (Å²) in [6, 6.07) is 2.52. The number of nitriles is 1. The molecule has 0 aromatic rings. The summed E-state index contributed by atoms with van der Waals surface area (Å²) in [6.45, 7) is 9.04. The zero-order chi connectivity index (χ0) is 14.8. The SMILES string of the molecule is CC(C)C1CCC(C2CCC(C(C)(C)C#N)CC2)CC1. The smallest absolute Gasteiger partial charge is 0.0686 e. The standard InChI is InChI=1S/C19H33N/c1-14(2)15-5-7-16(8-6-15)17-9-11-18(12-10-17)19(3,4)13-20/h14-18H,5-12H2,1-4H3. The average Bonchev–Trinajstić information content (AvgIpc) is 2.47. The molecular formula is C19H33N. The maximum Gasteiger partial charge on any atom is 0.0686 e. The fourth-order valence-electron chi connectivity index (χ4n) is 4.69. The monoisotopic (exact) mass is 275 g/mol. The van der Waals surface area contributed by atoms with Gasteiger partial charge >= 0.3 is 0 Å². The Bertz CT molecular complexity index is 333. The molecule has 0 bridgehead atoms. The Hall–Kier alpha value is -0.510. The molecule has 0 radical (unpaired) electrons. The summed E-state index contributed by atoms with van der Waals surface area (Å²) in [5, 5.41) is 9.29. The van der Waals surface area contributed by atoms with Gasteiger partial charge in [0.1, 0.15) is 0 Å². The van der Waals surface area contributed by atoms with Crippen molar-refractivity contribution < 1.29 is 0 Å². The molecule has 0 saturated heterocycles. The predicted octanol–water partition coefficient (Wildman–Crippen LogP) is 5.80. The Labute approximate surface area is 126 Å². The lowest BCUT2D eigenvalue weighted by atomic mass is 9.64. The van der Waals surface area contributed by atoms with Crippen LogP contribution in [0, 0.1) is 46.3 Å². The van der Waals surface area contributed by atoms with Crippen molar-refractivity contribution in [3.8, 4) is 6.07 Å². The minimum atomic E-state index is -0.111. The lowest BCUT2D eigenvalue weighted by Crippen LogP contribution is -2.31. The third kappa shape index (κ3) is 3.57. The minimum Gasteiger partial charge on any atom is -0.198 e. The second-order valence-corrected chi connectivity index (χ2v) is 8.36. The van der Waals surface area contributed by atoms with Crippen molar-refractivity contribution in [1.82, 2.24) is 0 Å². The molecule has 0 atom stereocenters. The van der Waals surface area contributed by atoms with Crippen molar-refractivity contribution in [1.29, 1.82) is 5.26 Å². The number of nitrogens with zero attached hydrogens (tertiary/aromatic N) is 1. The molecule has 114 valence electrons. The average molecular weight is 275 g/mol. The van der Waals surface area contributed by atoms with Crippen molar-refractivity contribution in [2.24, 2.45) is 35.0 Å². The highest BCUT2D eigenvalue weighted by molar-refractivity contribution is 4.98. The van der Waals surface area contributed by atoms with Crippen LogP contribution in [0.3, 0.4) is 0 Å². The van der Waals surface area contributed by atoms with Gasteiger partial charge in [-0.25, -0.2) is 0 Å². The first-order chi connectivity index (χ1) is 9.44. The Morgan fingerprint density at radius 2 is 1.30 bits per heavy atom. The molecule has 2 fully saturated rings. The maximum atomic E-state index is 9.29. The molecule has 20 heavy (non-hydrogen) atoms.